The molecule has 0 unspecified atom stereocenters. The third-order valence-corrected chi connectivity index (χ3v) is 13.7. The SMILES string of the molecule is CC1(C)CCC(CN2CCN(c3cccc(Oc4cnc5[nH]ccc5c4)c3C(=O)NS(=O)(=O)c3ccc(NCC4CCOCC4)c([N+](=O)[O-])c3)CC2)=C(c2ccc(C(F)(F)F)c(F)c2)C1. The van der Waals surface area contributed by atoms with Gasteiger partial charge in [-0.25, -0.2) is 22.5 Å². The molecule has 344 valence electrons. The fourth-order valence-corrected chi connectivity index (χ4v) is 9.75. The van der Waals surface area contributed by atoms with Crippen molar-refractivity contribution >= 4 is 49.6 Å². The molecule has 19 heteroatoms. The van der Waals surface area contributed by atoms with E-state index >= 15 is 0 Å². The van der Waals surface area contributed by atoms with Gasteiger partial charge in [-0.05, 0) is 103 Å². The van der Waals surface area contributed by atoms with Crippen LogP contribution in [0.2, 0.25) is 0 Å². The van der Waals surface area contributed by atoms with Crippen molar-refractivity contribution in [2.45, 2.75) is 57.0 Å². The molecule has 0 radical (unpaired) electrons. The minimum absolute atomic E-state index is 0.0383. The molecule has 2 fully saturated rings. The highest BCUT2D eigenvalue weighted by molar-refractivity contribution is 7.90. The smallest absolute Gasteiger partial charge is 0.419 e. The lowest BCUT2D eigenvalue weighted by atomic mass is 9.72. The second-order valence-electron chi connectivity index (χ2n) is 17.5. The monoisotopic (exact) mass is 919 g/mol. The van der Waals surface area contributed by atoms with Crippen LogP contribution in [-0.4, -0.2) is 86.6 Å². The van der Waals surface area contributed by atoms with Crippen molar-refractivity contribution in [1.29, 1.82) is 0 Å². The van der Waals surface area contributed by atoms with Gasteiger partial charge in [-0.2, -0.15) is 13.2 Å². The van der Waals surface area contributed by atoms with Gasteiger partial charge in [0, 0.05) is 70.1 Å². The minimum Gasteiger partial charge on any atom is -0.455 e. The van der Waals surface area contributed by atoms with Gasteiger partial charge in [0.1, 0.15) is 34.2 Å². The molecule has 0 saturated carbocycles. The first-order valence-electron chi connectivity index (χ1n) is 21.4. The summed E-state index contributed by atoms with van der Waals surface area (Å²) in [5.41, 5.74) is 1.42. The van der Waals surface area contributed by atoms with Crippen molar-refractivity contribution in [3.05, 3.63) is 117 Å². The maximum absolute atomic E-state index is 14.8. The van der Waals surface area contributed by atoms with Crippen LogP contribution < -0.4 is 19.7 Å². The number of nitro benzene ring substituents is 1. The van der Waals surface area contributed by atoms with E-state index in [2.05, 4.69) is 38.8 Å². The zero-order valence-electron chi connectivity index (χ0n) is 35.8. The van der Waals surface area contributed by atoms with Crippen LogP contribution in [-0.2, 0) is 20.9 Å². The number of halogens is 4. The third kappa shape index (κ3) is 10.4. The molecule has 2 saturated heterocycles. The topological polar surface area (TPSA) is 172 Å². The van der Waals surface area contributed by atoms with Crippen molar-refractivity contribution in [2.75, 3.05) is 62.7 Å². The van der Waals surface area contributed by atoms with Gasteiger partial charge in [0.2, 0.25) is 0 Å². The largest absolute Gasteiger partial charge is 0.455 e. The fourth-order valence-electron chi connectivity index (χ4n) is 8.78. The Morgan fingerprint density at radius 1 is 1.05 bits per heavy atom. The molecular formula is C46H49F4N7O7S. The van der Waals surface area contributed by atoms with Gasteiger partial charge in [0.15, 0.2) is 0 Å². The molecule has 3 aromatic carbocycles. The Labute approximate surface area is 373 Å². The van der Waals surface area contributed by atoms with E-state index in [1.165, 1.54) is 30.5 Å². The molecule has 1 amide bonds. The van der Waals surface area contributed by atoms with Gasteiger partial charge in [0.05, 0.1) is 27.3 Å². The first-order valence-corrected chi connectivity index (χ1v) is 22.9. The van der Waals surface area contributed by atoms with Crippen LogP contribution in [0.1, 0.15) is 67.4 Å². The highest BCUT2D eigenvalue weighted by atomic mass is 32.2. The Bertz CT molecular complexity index is 2750. The van der Waals surface area contributed by atoms with Crippen molar-refractivity contribution in [3.63, 3.8) is 0 Å². The molecular weight excluding hydrogens is 871 g/mol. The van der Waals surface area contributed by atoms with Gasteiger partial charge in [-0.3, -0.25) is 19.8 Å². The van der Waals surface area contributed by atoms with Crippen molar-refractivity contribution in [1.82, 2.24) is 19.6 Å². The van der Waals surface area contributed by atoms with E-state index in [9.17, 15) is 40.9 Å². The number of rotatable bonds is 13. The average Bonchev–Trinajstić information content (AvgIpc) is 3.74. The van der Waals surface area contributed by atoms with Crippen LogP contribution in [0.4, 0.5) is 34.6 Å². The number of pyridine rings is 1. The number of fused-ring (bicyclic) bond motifs is 1. The molecule has 0 atom stereocenters. The summed E-state index contributed by atoms with van der Waals surface area (Å²) in [6, 6.07) is 15.0. The Morgan fingerprint density at radius 3 is 2.54 bits per heavy atom. The van der Waals surface area contributed by atoms with Gasteiger partial charge in [-0.1, -0.05) is 31.6 Å². The molecule has 1 aliphatic carbocycles. The number of benzene rings is 3. The second-order valence-corrected chi connectivity index (χ2v) is 19.2. The molecule has 2 aromatic heterocycles. The number of piperazine rings is 1. The molecule has 0 bridgehead atoms. The number of alkyl halides is 3. The maximum atomic E-state index is 14.8. The summed E-state index contributed by atoms with van der Waals surface area (Å²) in [6.07, 6.45) is 2.05. The van der Waals surface area contributed by atoms with Crippen LogP contribution in [0.25, 0.3) is 16.6 Å². The molecule has 8 rings (SSSR count). The summed E-state index contributed by atoms with van der Waals surface area (Å²) < 4.78 is 96.8. The first kappa shape index (κ1) is 45.5. The molecule has 0 spiro atoms. The van der Waals surface area contributed by atoms with E-state index in [1.807, 2.05) is 4.90 Å². The second kappa shape index (κ2) is 18.4. The number of carbonyl (C=O) groups excluding carboxylic acids is 1. The lowest BCUT2D eigenvalue weighted by molar-refractivity contribution is -0.384. The van der Waals surface area contributed by atoms with E-state index in [1.54, 1.807) is 30.5 Å². The van der Waals surface area contributed by atoms with Gasteiger partial charge < -0.3 is 24.7 Å². The minimum atomic E-state index is -4.81. The number of H-pyrrole nitrogens is 1. The summed E-state index contributed by atoms with van der Waals surface area (Å²) in [5, 5.41) is 16.0. The van der Waals surface area contributed by atoms with Gasteiger partial charge in [0.25, 0.3) is 21.6 Å². The molecule has 65 heavy (non-hydrogen) atoms. The Morgan fingerprint density at radius 2 is 1.82 bits per heavy atom. The molecule has 2 aliphatic heterocycles. The van der Waals surface area contributed by atoms with E-state index in [4.69, 9.17) is 9.47 Å². The number of ether oxygens (including phenoxy) is 2. The van der Waals surface area contributed by atoms with E-state index in [0.717, 1.165) is 54.0 Å². The zero-order valence-corrected chi connectivity index (χ0v) is 36.7. The maximum Gasteiger partial charge on any atom is 0.419 e. The number of anilines is 2. The number of hydrogen-bond acceptors (Lipinski definition) is 11. The lowest BCUT2D eigenvalue weighted by Crippen LogP contribution is -2.48. The van der Waals surface area contributed by atoms with E-state index < -0.39 is 49.0 Å². The zero-order chi connectivity index (χ0) is 46.1. The molecule has 5 aromatic rings. The number of hydrogen-bond donors (Lipinski definition) is 3. The number of nitrogens with one attached hydrogen (secondary N) is 3. The van der Waals surface area contributed by atoms with Crippen LogP contribution in [0.3, 0.4) is 0 Å². The summed E-state index contributed by atoms with van der Waals surface area (Å²) in [6.45, 7) is 8.08. The van der Waals surface area contributed by atoms with Crippen LogP contribution >= 0.6 is 0 Å². The summed E-state index contributed by atoms with van der Waals surface area (Å²) in [7, 11) is -4.68. The Hall–Kier alpha value is -6.05. The van der Waals surface area contributed by atoms with Crippen LogP contribution in [0, 0.1) is 27.3 Å². The third-order valence-electron chi connectivity index (χ3n) is 12.4. The molecule has 4 heterocycles. The van der Waals surface area contributed by atoms with Crippen molar-refractivity contribution < 1.29 is 45.2 Å². The number of nitro groups is 1. The van der Waals surface area contributed by atoms with E-state index in [-0.39, 0.29) is 34.1 Å². The van der Waals surface area contributed by atoms with Gasteiger partial charge in [-0.15, -0.1) is 0 Å². The number of amides is 1. The number of carbonyl (C=O) groups is 1. The normalized spacial score (nSPS) is 17.6. The standard InChI is InChI=1S/C46H49F4N7O7S/c1-45(2)14-10-32(35(25-45)30-6-8-36(37(47)23-30)46(48,49)50)28-55-16-18-56(19-17-55)39-4-3-5-41(64-33-22-31-11-15-51-43(31)53-27-33)42(39)44(58)54-65(61,62)34-7-9-38(40(24-34)57(59)60)52-26-29-12-20-63-21-13-29/h3-9,11,15,22-24,27,29,52H,10,12-14,16-21,25-26,28H2,1-2H3,(H,51,53)(H,54,58). The quantitative estimate of drug-likeness (QED) is 0.0584. The van der Waals surface area contributed by atoms with E-state index in [0.29, 0.717) is 82.2 Å². The first-order chi connectivity index (χ1) is 30.9. The van der Waals surface area contributed by atoms with Gasteiger partial charge >= 0.3 is 6.18 Å². The average molecular weight is 920 g/mol. The number of nitrogens with zero attached hydrogens (tertiary/aromatic N) is 4. The Balaban J connectivity index is 1.05. The highest BCUT2D eigenvalue weighted by Gasteiger charge is 2.36. The predicted molar refractivity (Wildman–Crippen MR) is 237 cm³/mol. The lowest BCUT2D eigenvalue weighted by Gasteiger charge is -2.39. The molecule has 14 nitrogen and oxygen atoms in total. The molecule has 3 N–H and O–H groups in total. The number of aromatic nitrogens is 2. The predicted octanol–water partition coefficient (Wildman–Crippen LogP) is 9.16. The summed E-state index contributed by atoms with van der Waals surface area (Å²) >= 11 is 0. The van der Waals surface area contributed by atoms with Crippen LogP contribution in [0.5, 0.6) is 11.5 Å². The number of sulfonamides is 1. The number of allylic oxidation sites excluding steroid dienone is 1. The fraction of sp³-hybridized carbons (Fsp3) is 0.391. The Kier molecular flexibility index (Phi) is 12.9. The van der Waals surface area contributed by atoms with Crippen molar-refractivity contribution in [2.24, 2.45) is 11.3 Å². The number of aromatic amines is 1. The van der Waals surface area contributed by atoms with Crippen molar-refractivity contribution in [3.8, 4) is 11.5 Å². The molecule has 3 aliphatic rings. The summed E-state index contributed by atoms with van der Waals surface area (Å²) in [5.74, 6) is -1.79. The van der Waals surface area contributed by atoms with Crippen LogP contribution in [0.15, 0.2) is 89.6 Å². The summed E-state index contributed by atoms with van der Waals surface area (Å²) in [4.78, 5) is 36.9. The highest BCUT2D eigenvalue weighted by Crippen LogP contribution is 2.44.